The molecule has 2 rings (SSSR count). The molecule has 0 spiro atoms. The largest absolute Gasteiger partial charge is 0.508 e. The van der Waals surface area contributed by atoms with Crippen LogP contribution < -0.4 is 5.63 Å². The number of hydrogen-bond acceptors (Lipinski definition) is 3. The van der Waals surface area contributed by atoms with Gasteiger partial charge in [-0.25, -0.2) is 4.79 Å². The first kappa shape index (κ1) is 11.7. The highest BCUT2D eigenvalue weighted by Gasteiger charge is 2.10. The molecule has 0 fully saturated rings. The summed E-state index contributed by atoms with van der Waals surface area (Å²) in [4.78, 5) is 11.7. The number of fused-ring (bicyclic) bond motifs is 1. The second-order valence-corrected chi connectivity index (χ2v) is 4.28. The molecule has 90 valence electrons. The second-order valence-electron chi connectivity index (χ2n) is 4.28. The molecular formula is C14H16O3. The second kappa shape index (κ2) is 4.62. The topological polar surface area (TPSA) is 50.4 Å². The Kier molecular flexibility index (Phi) is 3.18. The van der Waals surface area contributed by atoms with Crippen molar-refractivity contribution in [1.29, 1.82) is 0 Å². The van der Waals surface area contributed by atoms with Crippen LogP contribution in [0.5, 0.6) is 5.75 Å². The molecule has 0 aliphatic heterocycles. The van der Waals surface area contributed by atoms with E-state index in [1.165, 1.54) is 6.07 Å². The Hall–Kier alpha value is -1.77. The Labute approximate surface area is 99.7 Å². The number of aromatic hydroxyl groups is 1. The van der Waals surface area contributed by atoms with Crippen LogP contribution in [0.1, 0.15) is 30.9 Å². The van der Waals surface area contributed by atoms with Crippen molar-refractivity contribution in [2.24, 2.45) is 0 Å². The normalized spacial score (nSPS) is 10.9. The molecule has 0 radical (unpaired) electrons. The Morgan fingerprint density at radius 3 is 2.82 bits per heavy atom. The molecule has 0 bridgehead atoms. The standard InChI is InChI=1S/C14H16O3/c1-3-4-5-11-9(2)14(16)17-13-8-10(15)6-7-12(11)13/h6-8,15H,3-5H2,1-2H3. The maximum atomic E-state index is 11.7. The van der Waals surface area contributed by atoms with Gasteiger partial charge in [0, 0.05) is 17.0 Å². The highest BCUT2D eigenvalue weighted by Crippen LogP contribution is 2.24. The van der Waals surface area contributed by atoms with Gasteiger partial charge in [-0.3, -0.25) is 0 Å². The summed E-state index contributed by atoms with van der Waals surface area (Å²) in [6.07, 6.45) is 2.99. The van der Waals surface area contributed by atoms with Gasteiger partial charge >= 0.3 is 5.63 Å². The first-order chi connectivity index (χ1) is 8.13. The molecule has 0 amide bonds. The number of benzene rings is 1. The highest BCUT2D eigenvalue weighted by molar-refractivity contribution is 5.82. The van der Waals surface area contributed by atoms with E-state index in [1.807, 2.05) is 6.07 Å². The van der Waals surface area contributed by atoms with E-state index in [0.29, 0.717) is 11.1 Å². The smallest absolute Gasteiger partial charge is 0.339 e. The lowest BCUT2D eigenvalue weighted by atomic mass is 10.00. The zero-order valence-corrected chi connectivity index (χ0v) is 10.1. The van der Waals surface area contributed by atoms with Crippen LogP contribution in [0.3, 0.4) is 0 Å². The van der Waals surface area contributed by atoms with Crippen molar-refractivity contribution in [2.75, 3.05) is 0 Å². The van der Waals surface area contributed by atoms with Crippen LogP contribution in [-0.2, 0) is 6.42 Å². The van der Waals surface area contributed by atoms with Crippen molar-refractivity contribution >= 4 is 11.0 Å². The van der Waals surface area contributed by atoms with Crippen LogP contribution in [0.15, 0.2) is 27.4 Å². The summed E-state index contributed by atoms with van der Waals surface area (Å²) < 4.78 is 5.18. The molecule has 1 aromatic heterocycles. The highest BCUT2D eigenvalue weighted by atomic mass is 16.4. The van der Waals surface area contributed by atoms with Crippen LogP contribution in [0.25, 0.3) is 11.0 Å². The number of unbranched alkanes of at least 4 members (excludes halogenated alkanes) is 1. The maximum Gasteiger partial charge on any atom is 0.339 e. The van der Waals surface area contributed by atoms with Crippen LogP contribution >= 0.6 is 0 Å². The lowest BCUT2D eigenvalue weighted by molar-refractivity contribution is 0.472. The molecule has 3 nitrogen and oxygen atoms in total. The Bertz CT molecular complexity index is 596. The number of aryl methyl sites for hydroxylation is 1. The molecule has 2 aromatic rings. The van der Waals surface area contributed by atoms with Crippen molar-refractivity contribution in [3.63, 3.8) is 0 Å². The van der Waals surface area contributed by atoms with Crippen LogP contribution in [0.2, 0.25) is 0 Å². The predicted octanol–water partition coefficient (Wildman–Crippen LogP) is 3.15. The van der Waals surface area contributed by atoms with Gasteiger partial charge < -0.3 is 9.52 Å². The van der Waals surface area contributed by atoms with Crippen molar-refractivity contribution in [1.82, 2.24) is 0 Å². The average molecular weight is 232 g/mol. The number of hydrogen-bond donors (Lipinski definition) is 1. The van der Waals surface area contributed by atoms with E-state index < -0.39 is 0 Å². The minimum atomic E-state index is -0.311. The van der Waals surface area contributed by atoms with Crippen molar-refractivity contribution < 1.29 is 9.52 Å². The van der Waals surface area contributed by atoms with Crippen LogP contribution in [0.4, 0.5) is 0 Å². The fraction of sp³-hybridized carbons (Fsp3) is 0.357. The molecule has 3 heteroatoms. The third-order valence-corrected chi connectivity index (χ3v) is 3.03. The Morgan fingerprint density at radius 1 is 1.35 bits per heavy atom. The van der Waals surface area contributed by atoms with E-state index >= 15 is 0 Å². The van der Waals surface area contributed by atoms with Crippen molar-refractivity contribution in [2.45, 2.75) is 33.1 Å². The van der Waals surface area contributed by atoms with Crippen LogP contribution in [0, 0.1) is 6.92 Å². The molecule has 0 saturated heterocycles. The van der Waals surface area contributed by atoms with E-state index in [-0.39, 0.29) is 11.4 Å². The van der Waals surface area contributed by atoms with Crippen molar-refractivity contribution in [3.05, 3.63) is 39.7 Å². The van der Waals surface area contributed by atoms with Crippen LogP contribution in [-0.4, -0.2) is 5.11 Å². The van der Waals surface area contributed by atoms with Crippen molar-refractivity contribution in [3.8, 4) is 5.75 Å². The number of rotatable bonds is 3. The molecular weight excluding hydrogens is 216 g/mol. The molecule has 0 unspecified atom stereocenters. The van der Waals surface area contributed by atoms with Gasteiger partial charge in [-0.1, -0.05) is 13.3 Å². The van der Waals surface area contributed by atoms with Gasteiger partial charge in [0.15, 0.2) is 0 Å². The fourth-order valence-electron chi connectivity index (χ4n) is 2.02. The first-order valence-corrected chi connectivity index (χ1v) is 5.88. The third-order valence-electron chi connectivity index (χ3n) is 3.03. The molecule has 1 N–H and O–H groups in total. The van der Waals surface area contributed by atoms with E-state index in [4.69, 9.17) is 4.42 Å². The molecule has 0 aliphatic rings. The molecule has 0 atom stereocenters. The summed E-state index contributed by atoms with van der Waals surface area (Å²) in [5.41, 5.74) is 1.87. The maximum absolute atomic E-state index is 11.7. The third kappa shape index (κ3) is 2.18. The zero-order valence-electron chi connectivity index (χ0n) is 10.1. The summed E-state index contributed by atoms with van der Waals surface area (Å²) in [5, 5.41) is 10.3. The zero-order chi connectivity index (χ0) is 12.4. The Morgan fingerprint density at radius 2 is 2.12 bits per heavy atom. The SMILES string of the molecule is CCCCc1c(C)c(=O)oc2cc(O)ccc12. The van der Waals surface area contributed by atoms with Gasteiger partial charge in [0.25, 0.3) is 0 Å². The van der Waals surface area contributed by atoms with Gasteiger partial charge in [-0.2, -0.15) is 0 Å². The number of phenolic OH excluding ortho intramolecular Hbond substituents is 1. The monoisotopic (exact) mass is 232 g/mol. The summed E-state index contributed by atoms with van der Waals surface area (Å²) in [7, 11) is 0. The lowest BCUT2D eigenvalue weighted by Gasteiger charge is -2.08. The molecule has 0 aliphatic carbocycles. The van der Waals surface area contributed by atoms with Gasteiger partial charge in [-0.15, -0.1) is 0 Å². The quantitative estimate of drug-likeness (QED) is 0.827. The summed E-state index contributed by atoms with van der Waals surface area (Å²) in [6.45, 7) is 3.91. The summed E-state index contributed by atoms with van der Waals surface area (Å²) >= 11 is 0. The van der Waals surface area contributed by atoms with E-state index in [2.05, 4.69) is 6.92 Å². The predicted molar refractivity (Wildman–Crippen MR) is 67.5 cm³/mol. The molecule has 1 aromatic carbocycles. The fourth-order valence-corrected chi connectivity index (χ4v) is 2.02. The Balaban J connectivity index is 2.69. The molecule has 0 saturated carbocycles. The van der Waals surface area contributed by atoms with E-state index in [9.17, 15) is 9.90 Å². The average Bonchev–Trinajstić information content (AvgIpc) is 2.30. The van der Waals surface area contributed by atoms with Gasteiger partial charge in [-0.05, 0) is 37.5 Å². The summed E-state index contributed by atoms with van der Waals surface area (Å²) in [5.74, 6) is 0.117. The lowest BCUT2D eigenvalue weighted by Crippen LogP contribution is -2.08. The minimum absolute atomic E-state index is 0.117. The molecule has 1 heterocycles. The van der Waals surface area contributed by atoms with Gasteiger partial charge in [0.05, 0.1) is 0 Å². The number of phenols is 1. The minimum Gasteiger partial charge on any atom is -0.508 e. The van der Waals surface area contributed by atoms with E-state index in [0.717, 1.165) is 30.2 Å². The summed E-state index contributed by atoms with van der Waals surface area (Å²) in [6, 6.07) is 4.93. The first-order valence-electron chi connectivity index (χ1n) is 5.88. The van der Waals surface area contributed by atoms with E-state index in [1.54, 1.807) is 13.0 Å². The van der Waals surface area contributed by atoms with Gasteiger partial charge in [0.1, 0.15) is 11.3 Å². The van der Waals surface area contributed by atoms with Gasteiger partial charge in [0.2, 0.25) is 0 Å². The molecule has 17 heavy (non-hydrogen) atoms.